The summed E-state index contributed by atoms with van der Waals surface area (Å²) in [6.07, 6.45) is 3.18. The van der Waals surface area contributed by atoms with Crippen LogP contribution < -0.4 is 5.73 Å². The average Bonchev–Trinajstić information content (AvgIpc) is 2.65. The molecule has 106 valence electrons. The highest BCUT2D eigenvalue weighted by molar-refractivity contribution is 8.13. The summed E-state index contributed by atoms with van der Waals surface area (Å²) in [6, 6.07) is 17.5. The van der Waals surface area contributed by atoms with E-state index in [1.807, 2.05) is 0 Å². The van der Waals surface area contributed by atoms with Crippen molar-refractivity contribution in [3.05, 3.63) is 70.8 Å². The molecule has 0 fully saturated rings. The summed E-state index contributed by atoms with van der Waals surface area (Å²) in [7, 11) is 0. The predicted octanol–water partition coefficient (Wildman–Crippen LogP) is 3.48. The summed E-state index contributed by atoms with van der Waals surface area (Å²) in [5.41, 5.74) is 11.4. The SMILES string of the molecule is NC1=NC2(CCS1)c1ccccc1CCc1ccccc12. The maximum Gasteiger partial charge on any atom is 0.155 e. The summed E-state index contributed by atoms with van der Waals surface area (Å²) in [5.74, 6) is 1.03. The van der Waals surface area contributed by atoms with E-state index in [2.05, 4.69) is 48.5 Å². The molecule has 1 aliphatic heterocycles. The number of thioether (sulfide) groups is 1. The standard InChI is InChI=1S/C18H18N2S/c19-17-20-18(11-12-21-17)15-7-3-1-5-13(15)9-10-14-6-2-4-8-16(14)18/h1-8H,9-12H2,(H2,19,20). The van der Waals surface area contributed by atoms with E-state index in [4.69, 9.17) is 10.7 Å². The maximum atomic E-state index is 6.12. The molecule has 1 spiro atoms. The number of benzene rings is 2. The van der Waals surface area contributed by atoms with Gasteiger partial charge in [-0.25, -0.2) is 4.99 Å². The lowest BCUT2D eigenvalue weighted by atomic mass is 9.78. The van der Waals surface area contributed by atoms with Gasteiger partial charge in [-0.1, -0.05) is 60.3 Å². The molecule has 1 heterocycles. The van der Waals surface area contributed by atoms with Crippen LogP contribution >= 0.6 is 11.8 Å². The van der Waals surface area contributed by atoms with Crippen LogP contribution in [0, 0.1) is 0 Å². The summed E-state index contributed by atoms with van der Waals surface area (Å²) in [4.78, 5) is 4.97. The second-order valence-corrected chi connectivity index (χ2v) is 6.84. The van der Waals surface area contributed by atoms with Crippen LogP contribution in [0.5, 0.6) is 0 Å². The Morgan fingerprint density at radius 1 is 0.905 bits per heavy atom. The summed E-state index contributed by atoms with van der Waals surface area (Å²) >= 11 is 1.67. The molecule has 0 amide bonds. The van der Waals surface area contributed by atoms with E-state index in [1.165, 1.54) is 22.3 Å². The van der Waals surface area contributed by atoms with Gasteiger partial charge in [0.2, 0.25) is 0 Å². The average molecular weight is 294 g/mol. The van der Waals surface area contributed by atoms with Crippen molar-refractivity contribution in [2.45, 2.75) is 24.8 Å². The minimum absolute atomic E-state index is 0.279. The van der Waals surface area contributed by atoms with E-state index in [0.29, 0.717) is 5.17 Å². The fourth-order valence-corrected chi connectivity index (χ4v) is 4.49. The highest BCUT2D eigenvalue weighted by atomic mass is 32.2. The molecule has 1 aliphatic carbocycles. The van der Waals surface area contributed by atoms with Crippen LogP contribution in [-0.2, 0) is 18.4 Å². The topological polar surface area (TPSA) is 38.4 Å². The van der Waals surface area contributed by atoms with Gasteiger partial charge in [-0.2, -0.15) is 0 Å². The van der Waals surface area contributed by atoms with E-state index >= 15 is 0 Å². The zero-order valence-electron chi connectivity index (χ0n) is 11.9. The van der Waals surface area contributed by atoms with Gasteiger partial charge in [0.25, 0.3) is 0 Å². The predicted molar refractivity (Wildman–Crippen MR) is 89.8 cm³/mol. The lowest BCUT2D eigenvalue weighted by Gasteiger charge is -2.35. The molecular formula is C18H18N2S. The highest BCUT2D eigenvalue weighted by Crippen LogP contribution is 2.46. The molecule has 2 N–H and O–H groups in total. The molecule has 4 rings (SSSR count). The third-order valence-electron chi connectivity index (χ3n) is 4.60. The van der Waals surface area contributed by atoms with Gasteiger partial charge in [-0.15, -0.1) is 0 Å². The lowest BCUT2D eigenvalue weighted by molar-refractivity contribution is 0.521. The van der Waals surface area contributed by atoms with Crippen LogP contribution in [-0.4, -0.2) is 10.9 Å². The van der Waals surface area contributed by atoms with Crippen molar-refractivity contribution in [2.24, 2.45) is 10.7 Å². The number of aryl methyl sites for hydroxylation is 2. The summed E-state index contributed by atoms with van der Waals surface area (Å²) in [5, 5.41) is 0.716. The second-order valence-electron chi connectivity index (χ2n) is 5.72. The number of fused-ring (bicyclic) bond motifs is 4. The smallest absolute Gasteiger partial charge is 0.155 e. The second kappa shape index (κ2) is 4.92. The Morgan fingerprint density at radius 2 is 1.48 bits per heavy atom. The fourth-order valence-electron chi connectivity index (χ4n) is 3.67. The van der Waals surface area contributed by atoms with Crippen molar-refractivity contribution in [2.75, 3.05) is 5.75 Å². The Morgan fingerprint density at radius 3 is 2.05 bits per heavy atom. The van der Waals surface area contributed by atoms with Crippen LogP contribution in [0.25, 0.3) is 0 Å². The molecule has 3 heteroatoms. The fraction of sp³-hybridized carbons (Fsp3) is 0.278. The number of aliphatic imine (C=N–C) groups is 1. The first-order valence-corrected chi connectivity index (χ1v) is 8.43. The zero-order valence-corrected chi connectivity index (χ0v) is 12.7. The molecule has 2 aromatic rings. The molecular weight excluding hydrogens is 276 g/mol. The van der Waals surface area contributed by atoms with Crippen LogP contribution in [0.2, 0.25) is 0 Å². The molecule has 2 nitrogen and oxygen atoms in total. The molecule has 2 aromatic carbocycles. The molecule has 0 aromatic heterocycles. The van der Waals surface area contributed by atoms with Crippen LogP contribution in [0.15, 0.2) is 53.5 Å². The van der Waals surface area contributed by atoms with Crippen molar-refractivity contribution < 1.29 is 0 Å². The number of nitrogens with two attached hydrogens (primary N) is 1. The summed E-state index contributed by atoms with van der Waals surface area (Å²) in [6.45, 7) is 0. The third-order valence-corrected chi connectivity index (χ3v) is 5.40. The largest absolute Gasteiger partial charge is 0.379 e. The van der Waals surface area contributed by atoms with Crippen molar-refractivity contribution in [3.8, 4) is 0 Å². The number of amidine groups is 1. The number of rotatable bonds is 0. The van der Waals surface area contributed by atoms with E-state index in [-0.39, 0.29) is 5.54 Å². The van der Waals surface area contributed by atoms with E-state index in [9.17, 15) is 0 Å². The number of hydrogen-bond donors (Lipinski definition) is 1. The normalized spacial score (nSPS) is 19.3. The van der Waals surface area contributed by atoms with Gasteiger partial charge < -0.3 is 5.73 Å². The Bertz CT molecular complexity index is 673. The molecule has 0 unspecified atom stereocenters. The van der Waals surface area contributed by atoms with Crippen molar-refractivity contribution in [3.63, 3.8) is 0 Å². The first-order chi connectivity index (χ1) is 10.3. The lowest BCUT2D eigenvalue weighted by Crippen LogP contribution is -2.33. The van der Waals surface area contributed by atoms with E-state index in [0.717, 1.165) is 25.0 Å². The Labute approximate surface area is 129 Å². The Hall–Kier alpha value is -1.74. The molecule has 0 saturated carbocycles. The van der Waals surface area contributed by atoms with Gasteiger partial charge >= 0.3 is 0 Å². The van der Waals surface area contributed by atoms with Gasteiger partial charge in [0.05, 0.1) is 0 Å². The minimum Gasteiger partial charge on any atom is -0.379 e. The van der Waals surface area contributed by atoms with Crippen LogP contribution in [0.3, 0.4) is 0 Å². The molecule has 0 radical (unpaired) electrons. The monoisotopic (exact) mass is 294 g/mol. The molecule has 0 atom stereocenters. The van der Waals surface area contributed by atoms with Gasteiger partial charge in [-0.05, 0) is 41.5 Å². The van der Waals surface area contributed by atoms with Gasteiger partial charge in [0, 0.05) is 5.75 Å². The first-order valence-electron chi connectivity index (χ1n) is 7.44. The molecule has 2 aliphatic rings. The first kappa shape index (κ1) is 13.0. The van der Waals surface area contributed by atoms with Gasteiger partial charge in [0.15, 0.2) is 5.17 Å². The zero-order chi connectivity index (χ0) is 14.3. The maximum absolute atomic E-state index is 6.12. The van der Waals surface area contributed by atoms with Crippen molar-refractivity contribution in [1.29, 1.82) is 0 Å². The summed E-state index contributed by atoms with van der Waals surface area (Å²) < 4.78 is 0. The Kier molecular flexibility index (Phi) is 3.03. The quantitative estimate of drug-likeness (QED) is 0.808. The number of nitrogens with zero attached hydrogens (tertiary/aromatic N) is 1. The van der Waals surface area contributed by atoms with Crippen molar-refractivity contribution in [1.82, 2.24) is 0 Å². The molecule has 0 bridgehead atoms. The van der Waals surface area contributed by atoms with Gasteiger partial charge in [0.1, 0.15) is 5.54 Å². The van der Waals surface area contributed by atoms with Gasteiger partial charge in [-0.3, -0.25) is 0 Å². The van der Waals surface area contributed by atoms with E-state index in [1.54, 1.807) is 11.8 Å². The van der Waals surface area contributed by atoms with Crippen LogP contribution in [0.4, 0.5) is 0 Å². The van der Waals surface area contributed by atoms with E-state index < -0.39 is 0 Å². The van der Waals surface area contributed by atoms with Crippen LogP contribution in [0.1, 0.15) is 28.7 Å². The number of hydrogen-bond acceptors (Lipinski definition) is 3. The van der Waals surface area contributed by atoms with Crippen molar-refractivity contribution >= 4 is 16.9 Å². The molecule has 0 saturated heterocycles. The Balaban J connectivity index is 2.05. The highest BCUT2D eigenvalue weighted by Gasteiger charge is 2.40. The molecule has 21 heavy (non-hydrogen) atoms. The minimum atomic E-state index is -0.279. The third kappa shape index (κ3) is 1.99.